The standard InChI is InChI=1S/C20H25FN2O5S/c1-4-19(23(29(3,25)26)16-10-8-15(21)9-11-16)20(24)22-12-13-28-18-7-5-6-17(14-18)27-2/h5-11,14,19H,4,12-13H2,1-3H3,(H,22,24). The smallest absolute Gasteiger partial charge is 0.244 e. The highest BCUT2D eigenvalue weighted by atomic mass is 32.2. The first-order chi connectivity index (χ1) is 13.8. The van der Waals surface area contributed by atoms with E-state index in [-0.39, 0.29) is 25.3 Å². The van der Waals surface area contributed by atoms with E-state index < -0.39 is 27.8 Å². The second kappa shape index (κ2) is 10.1. The molecule has 1 unspecified atom stereocenters. The summed E-state index contributed by atoms with van der Waals surface area (Å²) < 4.78 is 49.5. The summed E-state index contributed by atoms with van der Waals surface area (Å²) in [5.74, 6) is 0.293. The molecule has 2 rings (SSSR count). The van der Waals surface area contributed by atoms with Gasteiger partial charge in [0.05, 0.1) is 25.6 Å². The second-order valence-electron chi connectivity index (χ2n) is 6.28. The van der Waals surface area contributed by atoms with Crippen molar-refractivity contribution in [1.29, 1.82) is 0 Å². The van der Waals surface area contributed by atoms with Gasteiger partial charge in [0.15, 0.2) is 0 Å². The number of halogens is 1. The fraction of sp³-hybridized carbons (Fsp3) is 0.350. The monoisotopic (exact) mass is 424 g/mol. The maximum atomic E-state index is 13.2. The van der Waals surface area contributed by atoms with Gasteiger partial charge in [-0.15, -0.1) is 0 Å². The summed E-state index contributed by atoms with van der Waals surface area (Å²) in [5.41, 5.74) is 0.225. The molecule has 158 valence electrons. The number of sulfonamides is 1. The highest BCUT2D eigenvalue weighted by molar-refractivity contribution is 7.92. The van der Waals surface area contributed by atoms with Crippen molar-refractivity contribution in [2.24, 2.45) is 0 Å². The van der Waals surface area contributed by atoms with Crippen molar-refractivity contribution in [1.82, 2.24) is 5.32 Å². The minimum absolute atomic E-state index is 0.188. The van der Waals surface area contributed by atoms with Crippen molar-refractivity contribution in [3.63, 3.8) is 0 Å². The van der Waals surface area contributed by atoms with E-state index >= 15 is 0 Å². The zero-order valence-electron chi connectivity index (χ0n) is 16.6. The molecule has 0 saturated carbocycles. The number of rotatable bonds is 10. The highest BCUT2D eigenvalue weighted by Crippen LogP contribution is 2.23. The van der Waals surface area contributed by atoms with E-state index in [0.29, 0.717) is 11.5 Å². The van der Waals surface area contributed by atoms with Gasteiger partial charge in [0.1, 0.15) is 30.0 Å². The normalized spacial score (nSPS) is 12.1. The average Bonchev–Trinajstić information content (AvgIpc) is 2.69. The van der Waals surface area contributed by atoms with Crippen LogP contribution < -0.4 is 19.1 Å². The van der Waals surface area contributed by atoms with Crippen molar-refractivity contribution >= 4 is 21.6 Å². The third-order valence-corrected chi connectivity index (χ3v) is 5.30. The molecule has 0 aliphatic carbocycles. The molecule has 9 heteroatoms. The van der Waals surface area contributed by atoms with E-state index in [4.69, 9.17) is 9.47 Å². The Hall–Kier alpha value is -2.81. The van der Waals surface area contributed by atoms with Gasteiger partial charge in [0.2, 0.25) is 15.9 Å². The number of anilines is 1. The summed E-state index contributed by atoms with van der Waals surface area (Å²) in [5, 5.41) is 2.69. The van der Waals surface area contributed by atoms with Gasteiger partial charge in [-0.25, -0.2) is 12.8 Å². The Bertz CT molecular complexity index is 919. The highest BCUT2D eigenvalue weighted by Gasteiger charge is 2.31. The predicted octanol–water partition coefficient (Wildman–Crippen LogP) is 2.57. The minimum atomic E-state index is -3.76. The predicted molar refractivity (Wildman–Crippen MR) is 109 cm³/mol. The Labute approximate surface area is 170 Å². The molecule has 0 aliphatic rings. The molecule has 1 N–H and O–H groups in total. The Morgan fingerprint density at radius 3 is 2.41 bits per heavy atom. The molecule has 7 nitrogen and oxygen atoms in total. The lowest BCUT2D eigenvalue weighted by Gasteiger charge is -2.30. The largest absolute Gasteiger partial charge is 0.497 e. The summed E-state index contributed by atoms with van der Waals surface area (Å²) in [6, 6.07) is 11.1. The molecule has 0 aromatic heterocycles. The Morgan fingerprint density at radius 1 is 1.17 bits per heavy atom. The minimum Gasteiger partial charge on any atom is -0.497 e. The number of hydrogen-bond acceptors (Lipinski definition) is 5. The van der Waals surface area contributed by atoms with Crippen molar-refractivity contribution in [3.8, 4) is 11.5 Å². The first-order valence-corrected chi connectivity index (χ1v) is 10.9. The fourth-order valence-corrected chi connectivity index (χ4v) is 4.01. The van der Waals surface area contributed by atoms with Crippen molar-refractivity contribution < 1.29 is 27.1 Å². The third-order valence-electron chi connectivity index (χ3n) is 4.12. The maximum absolute atomic E-state index is 13.2. The first kappa shape index (κ1) is 22.5. The lowest BCUT2D eigenvalue weighted by Crippen LogP contribution is -2.50. The summed E-state index contributed by atoms with van der Waals surface area (Å²) in [6.07, 6.45) is 1.26. The Morgan fingerprint density at radius 2 is 1.83 bits per heavy atom. The van der Waals surface area contributed by atoms with Crippen LogP contribution in [0.25, 0.3) is 0 Å². The van der Waals surface area contributed by atoms with Crippen LogP contribution in [-0.2, 0) is 14.8 Å². The molecule has 0 radical (unpaired) electrons. The van der Waals surface area contributed by atoms with Crippen LogP contribution in [0.5, 0.6) is 11.5 Å². The van der Waals surface area contributed by atoms with Gasteiger partial charge in [0.25, 0.3) is 0 Å². The number of amides is 1. The zero-order chi connectivity index (χ0) is 21.4. The zero-order valence-corrected chi connectivity index (χ0v) is 17.4. The van der Waals surface area contributed by atoms with Crippen molar-refractivity contribution in [3.05, 3.63) is 54.3 Å². The molecule has 2 aromatic rings. The molecule has 1 atom stereocenters. The van der Waals surface area contributed by atoms with Gasteiger partial charge in [-0.1, -0.05) is 13.0 Å². The van der Waals surface area contributed by atoms with Crippen LogP contribution in [0.15, 0.2) is 48.5 Å². The number of nitrogens with one attached hydrogen (secondary N) is 1. The van der Waals surface area contributed by atoms with E-state index in [2.05, 4.69) is 5.32 Å². The number of nitrogens with zero attached hydrogens (tertiary/aromatic N) is 1. The van der Waals surface area contributed by atoms with E-state index in [9.17, 15) is 17.6 Å². The van der Waals surface area contributed by atoms with Crippen LogP contribution in [0.2, 0.25) is 0 Å². The number of carbonyl (C=O) groups is 1. The molecular weight excluding hydrogens is 399 g/mol. The van der Waals surface area contributed by atoms with E-state index in [0.717, 1.165) is 22.7 Å². The number of hydrogen-bond donors (Lipinski definition) is 1. The van der Waals surface area contributed by atoms with E-state index in [1.165, 1.54) is 12.1 Å². The molecule has 0 heterocycles. The molecule has 0 bridgehead atoms. The SMILES string of the molecule is CCC(C(=O)NCCOc1cccc(OC)c1)N(c1ccc(F)cc1)S(C)(=O)=O. The van der Waals surface area contributed by atoms with Crippen molar-refractivity contribution in [2.75, 3.05) is 30.8 Å². The number of benzene rings is 2. The third kappa shape index (κ3) is 6.35. The number of carbonyl (C=O) groups excluding carboxylic acids is 1. The molecule has 0 spiro atoms. The van der Waals surface area contributed by atoms with Gasteiger partial charge >= 0.3 is 0 Å². The molecule has 0 saturated heterocycles. The molecule has 29 heavy (non-hydrogen) atoms. The van der Waals surface area contributed by atoms with Gasteiger partial charge < -0.3 is 14.8 Å². The van der Waals surface area contributed by atoms with Gasteiger partial charge in [0, 0.05) is 6.07 Å². The van der Waals surface area contributed by atoms with Crippen LogP contribution in [0.1, 0.15) is 13.3 Å². The van der Waals surface area contributed by atoms with E-state index in [1.807, 2.05) is 0 Å². The Kier molecular flexibility index (Phi) is 7.83. The molecule has 1 amide bonds. The van der Waals surface area contributed by atoms with Gasteiger partial charge in [-0.3, -0.25) is 9.10 Å². The molecule has 0 fully saturated rings. The van der Waals surface area contributed by atoms with Crippen LogP contribution in [0.3, 0.4) is 0 Å². The van der Waals surface area contributed by atoms with E-state index in [1.54, 1.807) is 38.3 Å². The van der Waals surface area contributed by atoms with Crippen LogP contribution in [0.4, 0.5) is 10.1 Å². The van der Waals surface area contributed by atoms with Crippen LogP contribution in [0, 0.1) is 5.82 Å². The van der Waals surface area contributed by atoms with Gasteiger partial charge in [-0.05, 0) is 42.8 Å². The second-order valence-corrected chi connectivity index (χ2v) is 8.14. The van der Waals surface area contributed by atoms with Crippen LogP contribution >= 0.6 is 0 Å². The summed E-state index contributed by atoms with van der Waals surface area (Å²) in [4.78, 5) is 12.6. The topological polar surface area (TPSA) is 84.9 Å². The molecule has 2 aromatic carbocycles. The van der Waals surface area contributed by atoms with Crippen molar-refractivity contribution in [2.45, 2.75) is 19.4 Å². The number of ether oxygens (including phenoxy) is 2. The Balaban J connectivity index is 2.02. The summed E-state index contributed by atoms with van der Waals surface area (Å²) in [6.45, 7) is 2.09. The number of methoxy groups -OCH3 is 1. The lowest BCUT2D eigenvalue weighted by molar-refractivity contribution is -0.122. The lowest BCUT2D eigenvalue weighted by atomic mass is 10.2. The average molecular weight is 424 g/mol. The van der Waals surface area contributed by atoms with Gasteiger partial charge in [-0.2, -0.15) is 0 Å². The maximum Gasteiger partial charge on any atom is 0.244 e. The molecule has 0 aliphatic heterocycles. The quantitative estimate of drug-likeness (QED) is 0.593. The summed E-state index contributed by atoms with van der Waals surface area (Å²) in [7, 11) is -2.21. The summed E-state index contributed by atoms with van der Waals surface area (Å²) >= 11 is 0. The first-order valence-electron chi connectivity index (χ1n) is 9.05. The fourth-order valence-electron chi connectivity index (χ4n) is 2.80. The van der Waals surface area contributed by atoms with Crippen LogP contribution in [-0.4, -0.2) is 46.9 Å². The molecular formula is C20H25FN2O5S.